The zero-order chi connectivity index (χ0) is 14.0. The van der Waals surface area contributed by atoms with Gasteiger partial charge in [0.05, 0.1) is 18.2 Å². The van der Waals surface area contributed by atoms with Crippen LogP contribution in [0.25, 0.3) is 0 Å². The van der Waals surface area contributed by atoms with Crippen LogP contribution in [0, 0.1) is 0 Å². The van der Waals surface area contributed by atoms with Gasteiger partial charge in [-0.3, -0.25) is 4.79 Å². The highest BCUT2D eigenvalue weighted by Crippen LogP contribution is 2.20. The van der Waals surface area contributed by atoms with Crippen molar-refractivity contribution in [2.24, 2.45) is 5.73 Å². The highest BCUT2D eigenvalue weighted by Gasteiger charge is 2.26. The molecule has 0 saturated carbocycles. The Morgan fingerprint density at radius 2 is 2.32 bits per heavy atom. The van der Waals surface area contributed by atoms with E-state index < -0.39 is 16.2 Å². The van der Waals surface area contributed by atoms with E-state index >= 15 is 0 Å². The molecule has 0 bridgehead atoms. The maximum absolute atomic E-state index is 11.4. The Kier molecular flexibility index (Phi) is 3.82. The lowest BCUT2D eigenvalue weighted by Crippen LogP contribution is -2.45. The number of nitrogens with two attached hydrogens (primary N) is 1. The maximum Gasteiger partial charge on any atom is 0.252 e. The van der Waals surface area contributed by atoms with Crippen molar-refractivity contribution in [3.63, 3.8) is 0 Å². The molecule has 1 aliphatic rings. The van der Waals surface area contributed by atoms with Crippen molar-refractivity contribution >= 4 is 27.1 Å². The van der Waals surface area contributed by atoms with Gasteiger partial charge in [-0.1, -0.05) is 0 Å². The summed E-state index contributed by atoms with van der Waals surface area (Å²) in [6.07, 6.45) is 1.21. The van der Waals surface area contributed by atoms with Gasteiger partial charge in [-0.25, -0.2) is 4.98 Å². The van der Waals surface area contributed by atoms with Crippen LogP contribution in [-0.2, 0) is 15.0 Å². The number of carbonyl (C=O) groups is 1. The van der Waals surface area contributed by atoms with Crippen molar-refractivity contribution in [1.29, 1.82) is 0 Å². The summed E-state index contributed by atoms with van der Waals surface area (Å²) in [5.74, 6) is -0.236. The molecular formula is C11H13N3O4S. The molecule has 102 valence electrons. The Labute approximate surface area is 111 Å². The Morgan fingerprint density at radius 3 is 2.95 bits per heavy atom. The second-order valence-corrected chi connectivity index (χ2v) is 5.08. The molecule has 0 spiro atoms. The molecule has 2 rings (SSSR count). The number of morpholine rings is 1. The monoisotopic (exact) mass is 283 g/mol. The second kappa shape index (κ2) is 5.37. The molecule has 2 heterocycles. The van der Waals surface area contributed by atoms with Crippen LogP contribution in [0.2, 0.25) is 0 Å². The van der Waals surface area contributed by atoms with Gasteiger partial charge in [-0.2, -0.15) is 8.42 Å². The minimum absolute atomic E-state index is 0.0394. The molecule has 2 N–H and O–H groups in total. The summed E-state index contributed by atoms with van der Waals surface area (Å²) in [6.45, 7) is 2.21. The van der Waals surface area contributed by atoms with Crippen LogP contribution in [0.4, 0.5) is 5.82 Å². The Hall–Kier alpha value is -1.93. The fourth-order valence-electron chi connectivity index (χ4n) is 1.92. The molecule has 1 fully saturated rings. The van der Waals surface area contributed by atoms with E-state index in [-0.39, 0.29) is 23.3 Å². The van der Waals surface area contributed by atoms with Crippen LogP contribution in [0.15, 0.2) is 18.3 Å². The molecule has 0 aromatic carbocycles. The summed E-state index contributed by atoms with van der Waals surface area (Å²) >= 11 is 0. The van der Waals surface area contributed by atoms with Gasteiger partial charge in [0.15, 0.2) is 5.05 Å². The van der Waals surface area contributed by atoms with Crippen LogP contribution in [-0.4, -0.2) is 43.6 Å². The molecule has 8 heteroatoms. The second-order valence-electron chi connectivity index (χ2n) is 4.15. The van der Waals surface area contributed by atoms with Crippen LogP contribution in [0.5, 0.6) is 0 Å². The normalized spacial score (nSPS) is 19.3. The number of hydrogen-bond donors (Lipinski definition) is 1. The van der Waals surface area contributed by atoms with Crippen LogP contribution in [0.1, 0.15) is 17.3 Å². The zero-order valence-electron chi connectivity index (χ0n) is 10.2. The molecular weight excluding hydrogens is 270 g/mol. The number of amides is 1. The van der Waals surface area contributed by atoms with Crippen molar-refractivity contribution in [2.45, 2.75) is 13.0 Å². The van der Waals surface area contributed by atoms with E-state index in [4.69, 9.17) is 10.5 Å². The molecule has 1 saturated heterocycles. The molecule has 19 heavy (non-hydrogen) atoms. The first-order valence-electron chi connectivity index (χ1n) is 5.60. The first kappa shape index (κ1) is 13.5. The Balaban J connectivity index is 2.42. The van der Waals surface area contributed by atoms with E-state index in [2.05, 4.69) is 4.98 Å². The fourth-order valence-corrected chi connectivity index (χ4v) is 2.43. The Bertz CT molecular complexity index is 633. The number of nitrogens with zero attached hydrogens (tertiary/aromatic N) is 2. The first-order chi connectivity index (χ1) is 8.99. The summed E-state index contributed by atoms with van der Waals surface area (Å²) in [5.41, 5.74) is 5.54. The highest BCUT2D eigenvalue weighted by atomic mass is 32.2. The topological polar surface area (TPSA) is 103 Å². The van der Waals surface area contributed by atoms with Gasteiger partial charge in [-0.15, -0.1) is 0 Å². The molecule has 7 nitrogen and oxygen atoms in total. The van der Waals surface area contributed by atoms with Gasteiger partial charge < -0.3 is 15.4 Å². The zero-order valence-corrected chi connectivity index (χ0v) is 11.1. The summed E-state index contributed by atoms with van der Waals surface area (Å²) < 4.78 is 27.2. The summed E-state index contributed by atoms with van der Waals surface area (Å²) in [7, 11) is -2.43. The minimum Gasteiger partial charge on any atom is -0.365 e. The van der Waals surface area contributed by atoms with E-state index in [9.17, 15) is 13.2 Å². The predicted octanol–water partition coefficient (Wildman–Crippen LogP) is -0.585. The number of primary amides is 1. The van der Waals surface area contributed by atoms with E-state index in [0.29, 0.717) is 12.4 Å². The van der Waals surface area contributed by atoms with Gasteiger partial charge in [0.25, 0.3) is 5.91 Å². The highest BCUT2D eigenvalue weighted by molar-refractivity contribution is 7.72. The van der Waals surface area contributed by atoms with E-state index in [1.54, 1.807) is 24.0 Å². The SMILES string of the molecule is CC1CN(c2ncccc2C(N)=O)CC(=S(=O)=O)O1. The van der Waals surface area contributed by atoms with Crippen molar-refractivity contribution < 1.29 is 17.9 Å². The largest absolute Gasteiger partial charge is 0.365 e. The number of ether oxygens (including phenoxy) is 1. The number of rotatable bonds is 2. The first-order valence-corrected chi connectivity index (χ1v) is 6.68. The average Bonchev–Trinajstić information content (AvgIpc) is 2.37. The maximum atomic E-state index is 11.4. The van der Waals surface area contributed by atoms with Crippen molar-refractivity contribution in [3.8, 4) is 0 Å². The quantitative estimate of drug-likeness (QED) is 0.728. The molecule has 0 aliphatic carbocycles. The van der Waals surface area contributed by atoms with E-state index in [0.717, 1.165) is 0 Å². The van der Waals surface area contributed by atoms with Gasteiger partial charge in [-0.05, 0) is 19.1 Å². The molecule has 1 aliphatic heterocycles. The molecule has 1 unspecified atom stereocenters. The van der Waals surface area contributed by atoms with Gasteiger partial charge in [0.1, 0.15) is 5.82 Å². The summed E-state index contributed by atoms with van der Waals surface area (Å²) in [6, 6.07) is 3.16. The number of anilines is 1. The van der Waals surface area contributed by atoms with Gasteiger partial charge in [0.2, 0.25) is 10.3 Å². The van der Waals surface area contributed by atoms with Crippen LogP contribution in [0.3, 0.4) is 0 Å². The van der Waals surface area contributed by atoms with E-state index in [1.165, 1.54) is 6.20 Å². The van der Waals surface area contributed by atoms with Crippen molar-refractivity contribution in [2.75, 3.05) is 18.0 Å². The van der Waals surface area contributed by atoms with Gasteiger partial charge >= 0.3 is 0 Å². The smallest absolute Gasteiger partial charge is 0.252 e. The summed E-state index contributed by atoms with van der Waals surface area (Å²) in [4.78, 5) is 17.1. The lowest BCUT2D eigenvalue weighted by molar-refractivity contribution is 0.1000. The van der Waals surface area contributed by atoms with Crippen LogP contribution < -0.4 is 10.6 Å². The number of aromatic nitrogens is 1. The fraction of sp³-hybridized carbons (Fsp3) is 0.364. The van der Waals surface area contributed by atoms with Crippen LogP contribution >= 0.6 is 0 Å². The van der Waals surface area contributed by atoms with Crippen molar-refractivity contribution in [3.05, 3.63) is 23.9 Å². The number of hydrogen-bond acceptors (Lipinski definition) is 6. The third kappa shape index (κ3) is 2.91. The van der Waals surface area contributed by atoms with Crippen molar-refractivity contribution in [1.82, 2.24) is 4.98 Å². The predicted molar refractivity (Wildman–Crippen MR) is 69.4 cm³/mol. The van der Waals surface area contributed by atoms with Gasteiger partial charge in [0, 0.05) is 12.7 Å². The molecule has 1 atom stereocenters. The Morgan fingerprint density at radius 1 is 1.58 bits per heavy atom. The molecule has 1 amide bonds. The molecule has 0 radical (unpaired) electrons. The summed E-state index contributed by atoms with van der Waals surface area (Å²) in [5, 5.41) is -0.0696. The third-order valence-corrected chi connectivity index (χ3v) is 3.26. The lowest BCUT2D eigenvalue weighted by Gasteiger charge is -2.32. The third-order valence-electron chi connectivity index (χ3n) is 2.67. The van der Waals surface area contributed by atoms with E-state index in [1.807, 2.05) is 0 Å². The average molecular weight is 283 g/mol. The molecule has 1 aromatic heterocycles. The number of carbonyl (C=O) groups excluding carboxylic acids is 1. The minimum atomic E-state index is -2.43. The molecule has 1 aromatic rings. The standard InChI is InChI=1S/C11H13N3O4S/c1-7-5-14(6-9(18-7)19(16)17)11-8(10(12)15)3-2-4-13-11/h2-4,7H,5-6H2,1H3,(H2,12,15). The number of pyridine rings is 1. The lowest BCUT2D eigenvalue weighted by atomic mass is 10.2.